The highest BCUT2D eigenvalue weighted by Gasteiger charge is 2.26. The van der Waals surface area contributed by atoms with E-state index in [0.29, 0.717) is 13.2 Å². The van der Waals surface area contributed by atoms with Crippen LogP contribution >= 0.6 is 0 Å². The molecule has 0 radical (unpaired) electrons. The van der Waals surface area contributed by atoms with Crippen LogP contribution in [0, 0.1) is 0 Å². The predicted octanol–water partition coefficient (Wildman–Crippen LogP) is 17.0. The first-order valence-corrected chi connectivity index (χ1v) is 25.6. The fraction of sp³-hybridized carbons (Fsp3) is 0.633. The molecule has 0 fully saturated rings. The molecule has 0 saturated heterocycles. The molecule has 64 heavy (non-hydrogen) atoms. The lowest BCUT2D eigenvalue weighted by molar-refractivity contribution is 0.282. The van der Waals surface area contributed by atoms with Gasteiger partial charge in [-0.1, -0.05) is 234 Å². The van der Waals surface area contributed by atoms with Gasteiger partial charge in [-0.15, -0.1) is 0 Å². The third kappa shape index (κ3) is 20.0. The second-order valence-electron chi connectivity index (χ2n) is 22.7. The summed E-state index contributed by atoms with van der Waals surface area (Å²) in [7, 11) is 0. The van der Waals surface area contributed by atoms with Crippen molar-refractivity contribution in [3.8, 4) is 11.5 Å². The lowest BCUT2D eigenvalue weighted by atomic mass is 9.78. The first kappa shape index (κ1) is 55.0. The molecular weight excluding hydrogens is 785 g/mol. The van der Waals surface area contributed by atoms with Gasteiger partial charge in [0.05, 0.1) is 13.2 Å². The molecule has 0 spiro atoms. The molecule has 3 rings (SSSR count). The quantitative estimate of drug-likeness (QED) is 0.0564. The third-order valence-corrected chi connectivity index (χ3v) is 12.6. The number of aliphatic hydroxyl groups is 2. The normalized spacial score (nSPS) is 12.8. The number of benzene rings is 3. The number of rotatable bonds is 28. The monoisotopic (exact) mass is 879 g/mol. The Balaban J connectivity index is 1.81. The lowest BCUT2D eigenvalue weighted by Crippen LogP contribution is -2.18. The summed E-state index contributed by atoms with van der Waals surface area (Å²) >= 11 is 0. The Kier molecular flexibility index (Phi) is 23.5. The van der Waals surface area contributed by atoms with Gasteiger partial charge in [0, 0.05) is 24.3 Å². The van der Waals surface area contributed by atoms with E-state index < -0.39 is 0 Å². The maximum absolute atomic E-state index is 9.02. The van der Waals surface area contributed by atoms with E-state index in [1.165, 1.54) is 110 Å². The van der Waals surface area contributed by atoms with Crippen LogP contribution in [0.25, 0.3) is 24.3 Å². The maximum atomic E-state index is 9.02. The standard InChI is InChI=1S/C60H94O4/c1-57(2,3)49-43-53(59(7,8)9)51(55(45-49)63-41-29-25-21-17-13-15-19-23-27-39-61)37-35-47-31-33-48(34-32-47)36-38-52-54(60(10,11)12)44-50(58(4,5)6)46-56(52)64-42-30-26-22-18-14-16-20-24-28-40-62/h31-38,43-46,61-62H,13-30,39-42H2,1-12H3/b37-35+,38-36+. The Bertz CT molecular complexity index is 1680. The molecule has 0 amide bonds. The van der Waals surface area contributed by atoms with Crippen LogP contribution in [0.5, 0.6) is 11.5 Å². The Labute approximate surface area is 393 Å². The average molecular weight is 879 g/mol. The van der Waals surface area contributed by atoms with E-state index in [9.17, 15) is 0 Å². The van der Waals surface area contributed by atoms with Gasteiger partial charge in [-0.25, -0.2) is 0 Å². The summed E-state index contributed by atoms with van der Waals surface area (Å²) in [5.41, 5.74) is 9.86. The zero-order valence-corrected chi connectivity index (χ0v) is 43.2. The van der Waals surface area contributed by atoms with Crippen LogP contribution in [0.4, 0.5) is 0 Å². The van der Waals surface area contributed by atoms with Crippen LogP contribution in [0.15, 0.2) is 48.5 Å². The molecule has 2 N–H and O–H groups in total. The average Bonchev–Trinajstić information content (AvgIpc) is 3.22. The Morgan fingerprint density at radius 3 is 0.906 bits per heavy atom. The van der Waals surface area contributed by atoms with Crippen molar-refractivity contribution < 1.29 is 19.7 Å². The van der Waals surface area contributed by atoms with Crippen LogP contribution in [0.2, 0.25) is 0 Å². The minimum Gasteiger partial charge on any atom is -0.493 e. The molecule has 0 bridgehead atoms. The topological polar surface area (TPSA) is 58.9 Å². The fourth-order valence-corrected chi connectivity index (χ4v) is 8.29. The van der Waals surface area contributed by atoms with Crippen molar-refractivity contribution in [2.45, 2.75) is 220 Å². The van der Waals surface area contributed by atoms with Crippen LogP contribution < -0.4 is 9.47 Å². The summed E-state index contributed by atoms with van der Waals surface area (Å²) in [5, 5.41) is 18.0. The minimum absolute atomic E-state index is 0.0115. The molecule has 0 aliphatic heterocycles. The summed E-state index contributed by atoms with van der Waals surface area (Å²) in [6.45, 7) is 29.7. The molecule has 0 atom stereocenters. The molecule has 358 valence electrons. The second kappa shape index (κ2) is 27.3. The molecule has 4 heteroatoms. The van der Waals surface area contributed by atoms with Gasteiger partial charge in [-0.2, -0.15) is 0 Å². The van der Waals surface area contributed by atoms with Gasteiger partial charge in [0.25, 0.3) is 0 Å². The number of hydrogen-bond acceptors (Lipinski definition) is 4. The molecule has 0 aliphatic rings. The van der Waals surface area contributed by atoms with E-state index in [-0.39, 0.29) is 21.7 Å². The zero-order valence-electron chi connectivity index (χ0n) is 43.2. The number of hydrogen-bond donors (Lipinski definition) is 2. The third-order valence-electron chi connectivity index (χ3n) is 12.6. The number of ether oxygens (including phenoxy) is 2. The highest BCUT2D eigenvalue weighted by molar-refractivity contribution is 5.78. The summed E-state index contributed by atoms with van der Waals surface area (Å²) < 4.78 is 13.4. The van der Waals surface area contributed by atoms with Crippen LogP contribution in [-0.2, 0) is 21.7 Å². The van der Waals surface area contributed by atoms with Crippen molar-refractivity contribution in [1.82, 2.24) is 0 Å². The van der Waals surface area contributed by atoms with Gasteiger partial charge < -0.3 is 19.7 Å². The van der Waals surface area contributed by atoms with Crippen molar-refractivity contribution in [1.29, 1.82) is 0 Å². The molecule has 3 aromatic carbocycles. The zero-order chi connectivity index (χ0) is 47.2. The summed E-state index contributed by atoms with van der Waals surface area (Å²) in [6, 6.07) is 18.3. The fourth-order valence-electron chi connectivity index (χ4n) is 8.29. The summed E-state index contributed by atoms with van der Waals surface area (Å²) in [5.74, 6) is 1.98. The maximum Gasteiger partial charge on any atom is 0.127 e. The lowest BCUT2D eigenvalue weighted by Gasteiger charge is -2.29. The van der Waals surface area contributed by atoms with Crippen LogP contribution in [0.1, 0.15) is 243 Å². The molecular formula is C60H94O4. The van der Waals surface area contributed by atoms with E-state index in [4.69, 9.17) is 19.7 Å². The van der Waals surface area contributed by atoms with Crippen molar-refractivity contribution in [3.63, 3.8) is 0 Å². The summed E-state index contributed by atoms with van der Waals surface area (Å²) in [4.78, 5) is 0. The Hall–Kier alpha value is -3.34. The molecule has 3 aromatic rings. The largest absolute Gasteiger partial charge is 0.493 e. The van der Waals surface area contributed by atoms with Gasteiger partial charge >= 0.3 is 0 Å². The smallest absolute Gasteiger partial charge is 0.127 e. The molecule has 0 saturated carbocycles. The first-order valence-electron chi connectivity index (χ1n) is 25.6. The van der Waals surface area contributed by atoms with Gasteiger partial charge in [0.1, 0.15) is 11.5 Å². The van der Waals surface area contributed by atoms with Gasteiger partial charge in [0.15, 0.2) is 0 Å². The van der Waals surface area contributed by atoms with E-state index in [1.807, 2.05) is 0 Å². The SMILES string of the molecule is CC(C)(C)c1cc(OCCCCCCCCCCCO)c(/C=C/c2ccc(/C=C/c3c(OCCCCCCCCCCCO)cc(C(C)(C)C)cc3C(C)(C)C)cc2)c(C(C)(C)C)c1. The van der Waals surface area contributed by atoms with Crippen molar-refractivity contribution >= 4 is 24.3 Å². The molecule has 0 unspecified atom stereocenters. The highest BCUT2D eigenvalue weighted by atomic mass is 16.5. The molecule has 0 heterocycles. The Morgan fingerprint density at radius 2 is 0.641 bits per heavy atom. The first-order chi connectivity index (χ1) is 30.3. The Morgan fingerprint density at radius 1 is 0.359 bits per heavy atom. The molecule has 4 nitrogen and oxygen atoms in total. The molecule has 0 aliphatic carbocycles. The molecule has 0 aromatic heterocycles. The predicted molar refractivity (Wildman–Crippen MR) is 280 cm³/mol. The van der Waals surface area contributed by atoms with Gasteiger partial charge in [-0.05, 0) is 92.9 Å². The van der Waals surface area contributed by atoms with Gasteiger partial charge in [0.2, 0.25) is 0 Å². The second-order valence-corrected chi connectivity index (χ2v) is 22.7. The van der Waals surface area contributed by atoms with E-state index >= 15 is 0 Å². The van der Waals surface area contributed by atoms with E-state index in [2.05, 4.69) is 156 Å². The van der Waals surface area contributed by atoms with E-state index in [1.54, 1.807) is 0 Å². The van der Waals surface area contributed by atoms with Crippen LogP contribution in [0.3, 0.4) is 0 Å². The van der Waals surface area contributed by atoms with Gasteiger partial charge in [-0.3, -0.25) is 0 Å². The van der Waals surface area contributed by atoms with Crippen molar-refractivity contribution in [2.75, 3.05) is 26.4 Å². The number of unbranched alkanes of at least 4 members (excludes halogenated alkanes) is 16. The van der Waals surface area contributed by atoms with E-state index in [0.717, 1.165) is 74.4 Å². The van der Waals surface area contributed by atoms with Crippen LogP contribution in [-0.4, -0.2) is 36.6 Å². The van der Waals surface area contributed by atoms with Crippen molar-refractivity contribution in [2.24, 2.45) is 0 Å². The summed E-state index contributed by atoms with van der Waals surface area (Å²) in [6.07, 6.45) is 30.4. The highest BCUT2D eigenvalue weighted by Crippen LogP contribution is 2.40. The number of aliphatic hydroxyl groups excluding tert-OH is 2. The minimum atomic E-state index is -0.0499. The van der Waals surface area contributed by atoms with Crippen molar-refractivity contribution in [3.05, 3.63) is 93.0 Å².